The number of ether oxygens (including phenoxy) is 1. The van der Waals surface area contributed by atoms with Crippen LogP contribution in [-0.2, 0) is 23.6 Å². The fourth-order valence-corrected chi connectivity index (χ4v) is 21.3. The van der Waals surface area contributed by atoms with Crippen LogP contribution in [0.1, 0.15) is 0 Å². The van der Waals surface area contributed by atoms with Gasteiger partial charge in [0.2, 0.25) is 0 Å². The summed E-state index contributed by atoms with van der Waals surface area (Å²) in [5.74, 6) is 1.74. The first kappa shape index (κ1) is 34.8. The van der Waals surface area contributed by atoms with Crippen molar-refractivity contribution in [2.75, 3.05) is 0 Å². The molecule has 1 nitrogen and oxygen atoms in total. The Morgan fingerprint density at radius 1 is 0.315 bits per heavy atom. The zero-order valence-corrected chi connectivity index (χ0v) is 33.8. The van der Waals surface area contributed by atoms with Crippen molar-refractivity contribution >= 4 is 96.3 Å². The molecule has 1 heterocycles. The van der Waals surface area contributed by atoms with Crippen LogP contribution in [0.2, 0.25) is 0 Å². The average molecular weight is 783 g/mol. The maximum Gasteiger partial charge on any atom is 0.188 e. The molecule has 0 unspecified atom stereocenters. The molecule has 54 heavy (non-hydrogen) atoms. The molecule has 0 radical (unpaired) electrons. The summed E-state index contributed by atoms with van der Waals surface area (Å²) in [4.78, 5) is 0. The van der Waals surface area contributed by atoms with E-state index in [2.05, 4.69) is 218 Å². The van der Waals surface area contributed by atoms with Crippen LogP contribution in [0.3, 0.4) is 0 Å². The second kappa shape index (κ2) is 14.4. The Morgan fingerprint density at radius 3 is 0.889 bits per heavy atom. The molecule has 1 aliphatic heterocycles. The highest BCUT2D eigenvalue weighted by atomic mass is 32.4. The van der Waals surface area contributed by atoms with Gasteiger partial charge in [-0.15, -0.1) is 0 Å². The molecule has 0 atom stereocenters. The van der Waals surface area contributed by atoms with Crippen LogP contribution >= 0.6 is 12.1 Å². The first-order chi connectivity index (χ1) is 26.6. The van der Waals surface area contributed by atoms with Crippen molar-refractivity contribution in [2.45, 2.75) is 0 Å². The van der Waals surface area contributed by atoms with Gasteiger partial charge in [-0.3, -0.25) is 0 Å². The molecule has 9 rings (SSSR count). The average Bonchev–Trinajstić information content (AvgIpc) is 3.26. The van der Waals surface area contributed by atoms with Crippen LogP contribution < -0.4 is 57.3 Å². The molecule has 0 saturated carbocycles. The van der Waals surface area contributed by atoms with E-state index < -0.39 is 20.1 Å². The zero-order chi connectivity index (χ0) is 36.6. The summed E-state index contributed by atoms with van der Waals surface area (Å²) in [5, 5.41) is 11.6. The molecule has 0 spiro atoms. The molecule has 0 N–H and O–H groups in total. The minimum Gasteiger partial charge on any atom is -0.456 e. The molecule has 8 aromatic carbocycles. The Bertz CT molecular complexity index is 2400. The Hall–Kier alpha value is -4.92. The fourth-order valence-electron chi connectivity index (χ4n) is 8.17. The van der Waals surface area contributed by atoms with E-state index in [4.69, 9.17) is 28.4 Å². The van der Waals surface area contributed by atoms with E-state index in [9.17, 15) is 0 Å². The molecule has 0 aromatic heterocycles. The molecular formula is C48H36OP2S2Si. The number of benzene rings is 8. The minimum atomic E-state index is -3.08. The summed E-state index contributed by atoms with van der Waals surface area (Å²) in [7, 11) is -3.08. The summed E-state index contributed by atoms with van der Waals surface area (Å²) >= 11 is 14.2. The molecule has 0 saturated heterocycles. The molecule has 0 amide bonds. The molecule has 8 aromatic rings. The Labute approximate surface area is 329 Å². The summed E-state index contributed by atoms with van der Waals surface area (Å²) in [6.45, 7) is 0. The topological polar surface area (TPSA) is 9.23 Å². The predicted octanol–water partition coefficient (Wildman–Crippen LogP) is 6.68. The van der Waals surface area contributed by atoms with Gasteiger partial charge in [0.15, 0.2) is 8.07 Å². The van der Waals surface area contributed by atoms with Crippen molar-refractivity contribution in [3.63, 3.8) is 0 Å². The Balaban J connectivity index is 1.45. The maximum atomic E-state index is 7.67. The van der Waals surface area contributed by atoms with Crippen LogP contribution in [0, 0.1) is 0 Å². The lowest BCUT2D eigenvalue weighted by Gasteiger charge is -2.42. The Morgan fingerprint density at radius 2 is 0.593 bits per heavy atom. The largest absolute Gasteiger partial charge is 0.456 e. The molecule has 0 bridgehead atoms. The SMILES string of the molecule is S=P(c1ccccc1)(c1ccccc1)c1cccc2c1Oc1c(cccc1P(=S)(c1ccccc1)c1ccccc1)[Si]2(c1ccccc1)c1ccccc1. The lowest BCUT2D eigenvalue weighted by Crippen LogP contribution is -2.77. The number of para-hydroxylation sites is 2. The second-order valence-electron chi connectivity index (χ2n) is 13.5. The van der Waals surface area contributed by atoms with Gasteiger partial charge in [0, 0.05) is 22.7 Å². The molecule has 0 fully saturated rings. The van der Waals surface area contributed by atoms with E-state index in [1.165, 1.54) is 20.7 Å². The number of rotatable bonds is 8. The molecule has 260 valence electrons. The van der Waals surface area contributed by atoms with Gasteiger partial charge in [-0.2, -0.15) is 0 Å². The summed E-state index contributed by atoms with van der Waals surface area (Å²) in [6, 6.07) is 73.0. The third-order valence-electron chi connectivity index (χ3n) is 10.6. The van der Waals surface area contributed by atoms with Gasteiger partial charge in [0.05, 0.1) is 0 Å². The summed E-state index contributed by atoms with van der Waals surface area (Å²) in [5.41, 5.74) is 0. The smallest absolute Gasteiger partial charge is 0.188 e. The van der Waals surface area contributed by atoms with E-state index in [-0.39, 0.29) is 0 Å². The van der Waals surface area contributed by atoms with Crippen molar-refractivity contribution in [3.05, 3.63) is 218 Å². The summed E-state index contributed by atoms with van der Waals surface area (Å²) in [6.07, 6.45) is 0. The number of hydrogen-bond acceptors (Lipinski definition) is 3. The minimum absolute atomic E-state index is 0.871. The van der Waals surface area contributed by atoms with Crippen LogP contribution in [-0.4, -0.2) is 8.07 Å². The normalized spacial score (nSPS) is 13.3. The molecular weight excluding hydrogens is 747 g/mol. The first-order valence-corrected chi connectivity index (χ1v) is 25.7. The van der Waals surface area contributed by atoms with E-state index in [0.29, 0.717) is 0 Å². The highest BCUT2D eigenvalue weighted by molar-refractivity contribution is 8.26. The van der Waals surface area contributed by atoms with Gasteiger partial charge < -0.3 is 4.74 Å². The van der Waals surface area contributed by atoms with Gasteiger partial charge in [0.25, 0.3) is 0 Å². The van der Waals surface area contributed by atoms with Crippen LogP contribution in [0.4, 0.5) is 0 Å². The quantitative estimate of drug-likeness (QED) is 0.126. The molecule has 1 aliphatic rings. The molecule has 6 heteroatoms. The highest BCUT2D eigenvalue weighted by Crippen LogP contribution is 2.49. The second-order valence-corrected chi connectivity index (χ2v) is 25.9. The van der Waals surface area contributed by atoms with E-state index >= 15 is 0 Å². The van der Waals surface area contributed by atoms with Crippen molar-refractivity contribution in [3.8, 4) is 11.5 Å². The maximum absolute atomic E-state index is 7.67. The van der Waals surface area contributed by atoms with Crippen LogP contribution in [0.5, 0.6) is 11.5 Å². The van der Waals surface area contributed by atoms with Crippen LogP contribution in [0.25, 0.3) is 0 Å². The van der Waals surface area contributed by atoms with E-state index in [1.54, 1.807) is 0 Å². The lowest BCUT2D eigenvalue weighted by molar-refractivity contribution is 0.495. The highest BCUT2D eigenvalue weighted by Gasteiger charge is 2.51. The van der Waals surface area contributed by atoms with E-state index in [1.807, 2.05) is 0 Å². The lowest BCUT2D eigenvalue weighted by atomic mass is 10.3. The fraction of sp³-hybridized carbons (Fsp3) is 0. The first-order valence-electron chi connectivity index (χ1n) is 18.1. The van der Waals surface area contributed by atoms with Crippen molar-refractivity contribution in [2.24, 2.45) is 0 Å². The van der Waals surface area contributed by atoms with Gasteiger partial charge in [-0.1, -0.05) is 230 Å². The Kier molecular flexibility index (Phi) is 9.27. The third kappa shape index (κ3) is 5.48. The van der Waals surface area contributed by atoms with Crippen molar-refractivity contribution in [1.29, 1.82) is 0 Å². The van der Waals surface area contributed by atoms with Gasteiger partial charge >= 0.3 is 0 Å². The van der Waals surface area contributed by atoms with Crippen LogP contribution in [0.15, 0.2) is 218 Å². The standard InChI is InChI=1S/C48H36OP2S2Si/c52-50(37-21-7-1-8-22-37,38-23-9-2-10-24-38)43-33-19-35-45-47(43)49-48-44(51(53,39-25-11-3-12-26-39)40-27-13-4-14-28-40)34-20-36-46(48)54(45,41-29-15-5-16-30-41)42-31-17-6-18-32-42/h1-36H. The van der Waals surface area contributed by atoms with Crippen molar-refractivity contribution < 1.29 is 4.74 Å². The predicted molar refractivity (Wildman–Crippen MR) is 242 cm³/mol. The summed E-state index contributed by atoms with van der Waals surface area (Å²) < 4.78 is 7.67. The van der Waals surface area contributed by atoms with E-state index in [0.717, 1.165) is 43.3 Å². The third-order valence-corrected chi connectivity index (χ3v) is 25.2. The van der Waals surface area contributed by atoms with Crippen molar-refractivity contribution in [1.82, 2.24) is 0 Å². The molecule has 0 aliphatic carbocycles. The number of fused-ring (bicyclic) bond motifs is 2. The number of hydrogen-bond donors (Lipinski definition) is 0. The monoisotopic (exact) mass is 782 g/mol. The van der Waals surface area contributed by atoms with Gasteiger partial charge in [-0.05, 0) is 54.1 Å². The zero-order valence-electron chi connectivity index (χ0n) is 29.4. The van der Waals surface area contributed by atoms with Gasteiger partial charge in [-0.25, -0.2) is 0 Å². The van der Waals surface area contributed by atoms with Gasteiger partial charge in [0.1, 0.15) is 11.5 Å².